The molecular weight excluding hydrogens is 477 g/mol. The largest absolute Gasteiger partial charge is 0.382 e. The predicted octanol–water partition coefficient (Wildman–Crippen LogP) is 3.72. The number of piperidine rings is 1. The molecule has 1 N–H and O–H groups in total. The second-order valence-corrected chi connectivity index (χ2v) is 13.4. The van der Waals surface area contributed by atoms with E-state index in [1.165, 1.54) is 20.9 Å². The molecule has 7 nitrogen and oxygen atoms in total. The quantitative estimate of drug-likeness (QED) is 0.642. The van der Waals surface area contributed by atoms with E-state index < -0.39 is 31.1 Å². The van der Waals surface area contributed by atoms with Crippen molar-refractivity contribution in [1.29, 1.82) is 0 Å². The van der Waals surface area contributed by atoms with Crippen LogP contribution in [0.1, 0.15) is 49.0 Å². The Labute approximate surface area is 202 Å². The highest BCUT2D eigenvalue weighted by molar-refractivity contribution is 7.89. The SMILES string of the molecule is CC1CCC(c2ccccc2)S(=O)(=O)N1Cc1ccc(NC2CCN(S(C)(=O)=O)CC2)cc1F. The molecule has 10 heteroatoms. The van der Waals surface area contributed by atoms with Crippen LogP contribution in [0.3, 0.4) is 0 Å². The van der Waals surface area contributed by atoms with Gasteiger partial charge >= 0.3 is 0 Å². The summed E-state index contributed by atoms with van der Waals surface area (Å²) in [6.07, 6.45) is 3.75. The molecule has 0 aliphatic carbocycles. The number of sulfonamides is 2. The predicted molar refractivity (Wildman–Crippen MR) is 132 cm³/mol. The molecule has 186 valence electrons. The molecule has 0 bridgehead atoms. The second-order valence-electron chi connectivity index (χ2n) is 9.30. The number of halogens is 1. The van der Waals surface area contributed by atoms with Gasteiger partial charge in [-0.15, -0.1) is 0 Å². The normalized spacial score (nSPS) is 24.7. The highest BCUT2D eigenvalue weighted by Gasteiger charge is 2.40. The zero-order valence-electron chi connectivity index (χ0n) is 19.5. The zero-order chi connectivity index (χ0) is 24.5. The molecule has 2 aliphatic heterocycles. The first-order valence-electron chi connectivity index (χ1n) is 11.6. The monoisotopic (exact) mass is 509 g/mol. The summed E-state index contributed by atoms with van der Waals surface area (Å²) in [7, 11) is -6.83. The zero-order valence-corrected chi connectivity index (χ0v) is 21.2. The molecule has 2 aromatic carbocycles. The Morgan fingerprint density at radius 1 is 1.03 bits per heavy atom. The average molecular weight is 510 g/mol. The van der Waals surface area contributed by atoms with Crippen LogP contribution in [-0.4, -0.2) is 56.9 Å². The van der Waals surface area contributed by atoms with Gasteiger partial charge in [0, 0.05) is 43.0 Å². The minimum absolute atomic E-state index is 0.00824. The number of nitrogens with zero attached hydrogens (tertiary/aromatic N) is 2. The van der Waals surface area contributed by atoms with Crippen LogP contribution in [0.4, 0.5) is 10.1 Å². The Kier molecular flexibility index (Phi) is 7.33. The maximum absolute atomic E-state index is 15.0. The summed E-state index contributed by atoms with van der Waals surface area (Å²) in [5, 5.41) is 2.67. The molecule has 0 radical (unpaired) electrons. The van der Waals surface area contributed by atoms with E-state index in [0.717, 1.165) is 5.56 Å². The van der Waals surface area contributed by atoms with E-state index in [1.807, 2.05) is 37.3 Å². The molecule has 2 saturated heterocycles. The third-order valence-electron chi connectivity index (χ3n) is 6.87. The maximum atomic E-state index is 15.0. The number of nitrogens with one attached hydrogen (secondary N) is 1. The summed E-state index contributed by atoms with van der Waals surface area (Å²) in [6, 6.07) is 13.8. The topological polar surface area (TPSA) is 86.8 Å². The van der Waals surface area contributed by atoms with E-state index >= 15 is 4.39 Å². The molecule has 2 atom stereocenters. The number of rotatable bonds is 6. The summed E-state index contributed by atoms with van der Waals surface area (Å²) in [5.74, 6) is -0.456. The Morgan fingerprint density at radius 2 is 1.71 bits per heavy atom. The molecule has 2 fully saturated rings. The van der Waals surface area contributed by atoms with Crippen LogP contribution >= 0.6 is 0 Å². The van der Waals surface area contributed by atoms with Crippen molar-refractivity contribution >= 4 is 25.7 Å². The number of hydrogen-bond donors (Lipinski definition) is 1. The molecule has 0 amide bonds. The van der Waals surface area contributed by atoms with Gasteiger partial charge in [0.05, 0.1) is 6.26 Å². The summed E-state index contributed by atoms with van der Waals surface area (Å²) in [4.78, 5) is 0. The lowest BCUT2D eigenvalue weighted by Gasteiger charge is -2.37. The van der Waals surface area contributed by atoms with Gasteiger partial charge in [-0.05, 0) is 50.3 Å². The van der Waals surface area contributed by atoms with Crippen LogP contribution in [0.5, 0.6) is 0 Å². The number of anilines is 1. The fraction of sp³-hybridized carbons (Fsp3) is 0.500. The third-order valence-corrected chi connectivity index (χ3v) is 10.5. The van der Waals surface area contributed by atoms with Gasteiger partial charge in [-0.1, -0.05) is 36.4 Å². The molecular formula is C24H32FN3O4S2. The third kappa shape index (κ3) is 5.45. The smallest absolute Gasteiger partial charge is 0.221 e. The minimum atomic E-state index is -3.63. The Balaban J connectivity index is 1.45. The van der Waals surface area contributed by atoms with Crippen LogP contribution in [0.2, 0.25) is 0 Å². The van der Waals surface area contributed by atoms with Gasteiger partial charge in [-0.3, -0.25) is 0 Å². The summed E-state index contributed by atoms with van der Waals surface area (Å²) in [6.45, 7) is 2.73. The molecule has 4 rings (SSSR count). The van der Waals surface area contributed by atoms with Gasteiger partial charge in [0.1, 0.15) is 11.1 Å². The fourth-order valence-electron chi connectivity index (χ4n) is 4.85. The van der Waals surface area contributed by atoms with Crippen molar-refractivity contribution in [2.45, 2.75) is 56.5 Å². The van der Waals surface area contributed by atoms with Gasteiger partial charge in [0.2, 0.25) is 20.0 Å². The van der Waals surface area contributed by atoms with Crippen molar-refractivity contribution in [3.63, 3.8) is 0 Å². The number of hydrogen-bond acceptors (Lipinski definition) is 5. The van der Waals surface area contributed by atoms with E-state index in [1.54, 1.807) is 12.1 Å². The van der Waals surface area contributed by atoms with Crippen molar-refractivity contribution in [3.05, 3.63) is 65.5 Å². The van der Waals surface area contributed by atoms with Crippen molar-refractivity contribution in [2.24, 2.45) is 0 Å². The van der Waals surface area contributed by atoms with Gasteiger partial charge in [-0.25, -0.2) is 25.5 Å². The maximum Gasteiger partial charge on any atom is 0.221 e. The highest BCUT2D eigenvalue weighted by atomic mass is 32.2. The van der Waals surface area contributed by atoms with Crippen LogP contribution in [0.15, 0.2) is 48.5 Å². The van der Waals surface area contributed by atoms with Gasteiger partial charge in [0.15, 0.2) is 0 Å². The summed E-state index contributed by atoms with van der Waals surface area (Å²) >= 11 is 0. The molecule has 0 spiro atoms. The van der Waals surface area contributed by atoms with Crippen LogP contribution in [0, 0.1) is 5.82 Å². The second kappa shape index (κ2) is 9.93. The first kappa shape index (κ1) is 25.1. The van der Waals surface area contributed by atoms with E-state index in [9.17, 15) is 16.8 Å². The molecule has 2 aromatic rings. The lowest BCUT2D eigenvalue weighted by Crippen LogP contribution is -2.44. The molecule has 0 aromatic heterocycles. The van der Waals surface area contributed by atoms with Gasteiger partial charge < -0.3 is 5.32 Å². The van der Waals surface area contributed by atoms with Crippen LogP contribution in [0.25, 0.3) is 0 Å². The van der Waals surface area contributed by atoms with E-state index in [4.69, 9.17) is 0 Å². The fourth-order valence-corrected chi connectivity index (χ4v) is 7.91. The summed E-state index contributed by atoms with van der Waals surface area (Å²) in [5.41, 5.74) is 1.71. The highest BCUT2D eigenvalue weighted by Crippen LogP contribution is 2.38. The Bertz CT molecular complexity index is 1210. The van der Waals surface area contributed by atoms with Crippen molar-refractivity contribution in [3.8, 4) is 0 Å². The lowest BCUT2D eigenvalue weighted by molar-refractivity contribution is 0.279. The Hall–Kier alpha value is -2.01. The van der Waals surface area contributed by atoms with Crippen molar-refractivity contribution in [2.75, 3.05) is 24.7 Å². The molecule has 2 heterocycles. The molecule has 2 unspecified atom stereocenters. The summed E-state index contributed by atoms with van der Waals surface area (Å²) < 4.78 is 68.1. The van der Waals surface area contributed by atoms with Crippen LogP contribution in [-0.2, 0) is 26.6 Å². The Morgan fingerprint density at radius 3 is 2.32 bits per heavy atom. The lowest BCUT2D eigenvalue weighted by atomic mass is 10.0. The molecule has 0 saturated carbocycles. The first-order chi connectivity index (χ1) is 16.1. The van der Waals surface area contributed by atoms with Crippen molar-refractivity contribution in [1.82, 2.24) is 8.61 Å². The average Bonchev–Trinajstić information content (AvgIpc) is 2.78. The molecule has 34 heavy (non-hydrogen) atoms. The van der Waals surface area contributed by atoms with E-state index in [0.29, 0.717) is 50.0 Å². The van der Waals surface area contributed by atoms with Crippen LogP contribution < -0.4 is 5.32 Å². The molecule has 2 aliphatic rings. The minimum Gasteiger partial charge on any atom is -0.382 e. The van der Waals surface area contributed by atoms with E-state index in [-0.39, 0.29) is 18.6 Å². The van der Waals surface area contributed by atoms with Crippen molar-refractivity contribution < 1.29 is 21.2 Å². The van der Waals surface area contributed by atoms with E-state index in [2.05, 4.69) is 5.32 Å². The standard InChI is InChI=1S/C24H32FN3O4S2/c1-18-8-11-24(19-6-4-3-5-7-19)34(31,32)28(18)17-20-9-10-22(16-23(20)25)26-21-12-14-27(15-13-21)33(2,29)30/h3-7,9-10,16,18,21,24,26H,8,11-15,17H2,1-2H3. The number of benzene rings is 2. The first-order valence-corrected chi connectivity index (χ1v) is 15.0. The van der Waals surface area contributed by atoms with Gasteiger partial charge in [-0.2, -0.15) is 4.31 Å². The van der Waals surface area contributed by atoms with Gasteiger partial charge in [0.25, 0.3) is 0 Å².